The van der Waals surface area contributed by atoms with Gasteiger partial charge >= 0.3 is 0 Å². The van der Waals surface area contributed by atoms with E-state index in [9.17, 15) is 0 Å². The van der Waals surface area contributed by atoms with Crippen molar-refractivity contribution in [3.8, 4) is 0 Å². The van der Waals surface area contributed by atoms with E-state index in [1.165, 1.54) is 25.7 Å². The third kappa shape index (κ3) is 2.44. The van der Waals surface area contributed by atoms with Crippen LogP contribution in [0.3, 0.4) is 0 Å². The summed E-state index contributed by atoms with van der Waals surface area (Å²) in [6.07, 6.45) is 5.61. The molecule has 1 fully saturated rings. The molecule has 2 atom stereocenters. The number of guanidine groups is 1. The largest absolute Gasteiger partial charge is 0.356 e. The topological polar surface area (TPSA) is 27.6 Å². The first-order valence-electron chi connectivity index (χ1n) is 6.30. The second-order valence-electron chi connectivity index (χ2n) is 4.87. The third-order valence-electron chi connectivity index (χ3n) is 3.92. The summed E-state index contributed by atoms with van der Waals surface area (Å²) in [4.78, 5) is 6.68. The Labute approximate surface area is 92.9 Å². The highest BCUT2D eigenvalue weighted by atomic mass is 15.3. The molecule has 0 saturated heterocycles. The molecule has 0 spiro atoms. The Bertz CT molecular complexity index is 237. The summed E-state index contributed by atoms with van der Waals surface area (Å²) in [5.74, 6) is 2.94. The molecular weight excluding hydrogens is 186 g/mol. The minimum absolute atomic E-state index is 0.881. The van der Waals surface area contributed by atoms with Gasteiger partial charge in [0, 0.05) is 20.1 Å². The minimum atomic E-state index is 0.881. The fraction of sp³-hybridized carbons (Fsp3) is 0.917. The average molecular weight is 209 g/mol. The van der Waals surface area contributed by atoms with Gasteiger partial charge in [-0.2, -0.15) is 0 Å². The van der Waals surface area contributed by atoms with Gasteiger partial charge in [0.25, 0.3) is 0 Å². The maximum atomic E-state index is 4.46. The Morgan fingerprint density at radius 1 is 1.40 bits per heavy atom. The zero-order valence-electron chi connectivity index (χ0n) is 10.00. The van der Waals surface area contributed by atoms with Crippen molar-refractivity contribution in [3.05, 3.63) is 0 Å². The van der Waals surface area contributed by atoms with Crippen molar-refractivity contribution in [3.63, 3.8) is 0 Å². The summed E-state index contributed by atoms with van der Waals surface area (Å²) in [5.41, 5.74) is 0. The number of likely N-dealkylation sites (N-methyl/N-ethyl adjacent to an activating group) is 1. The highest BCUT2D eigenvalue weighted by Gasteiger charge is 2.26. The maximum absolute atomic E-state index is 4.46. The monoisotopic (exact) mass is 209 g/mol. The van der Waals surface area contributed by atoms with Crippen molar-refractivity contribution in [2.45, 2.75) is 32.6 Å². The summed E-state index contributed by atoms with van der Waals surface area (Å²) < 4.78 is 0. The van der Waals surface area contributed by atoms with Crippen LogP contribution in [-0.2, 0) is 0 Å². The van der Waals surface area contributed by atoms with Gasteiger partial charge < -0.3 is 10.2 Å². The molecule has 3 nitrogen and oxygen atoms in total. The van der Waals surface area contributed by atoms with Crippen LogP contribution in [0.4, 0.5) is 0 Å². The van der Waals surface area contributed by atoms with E-state index in [2.05, 4.69) is 29.2 Å². The van der Waals surface area contributed by atoms with Gasteiger partial charge in [0.05, 0.1) is 6.54 Å². The molecule has 86 valence electrons. The Balaban J connectivity index is 1.77. The van der Waals surface area contributed by atoms with E-state index >= 15 is 0 Å². The van der Waals surface area contributed by atoms with E-state index < -0.39 is 0 Å². The van der Waals surface area contributed by atoms with Crippen LogP contribution in [0.2, 0.25) is 0 Å². The van der Waals surface area contributed by atoms with Crippen LogP contribution in [0.1, 0.15) is 32.6 Å². The van der Waals surface area contributed by atoms with Crippen LogP contribution in [0.5, 0.6) is 0 Å². The summed E-state index contributed by atoms with van der Waals surface area (Å²) in [7, 11) is 2.12. The highest BCUT2D eigenvalue weighted by Crippen LogP contribution is 2.33. The van der Waals surface area contributed by atoms with Crippen molar-refractivity contribution in [2.24, 2.45) is 16.8 Å². The molecule has 3 heteroatoms. The third-order valence-corrected chi connectivity index (χ3v) is 3.92. The van der Waals surface area contributed by atoms with Crippen molar-refractivity contribution < 1.29 is 0 Å². The number of rotatable bonds is 3. The molecule has 15 heavy (non-hydrogen) atoms. The van der Waals surface area contributed by atoms with Crippen LogP contribution in [0.15, 0.2) is 4.99 Å². The number of nitrogens with zero attached hydrogens (tertiary/aromatic N) is 2. The van der Waals surface area contributed by atoms with Gasteiger partial charge in [-0.05, 0) is 18.3 Å². The quantitative estimate of drug-likeness (QED) is 0.766. The molecule has 2 rings (SSSR count). The Morgan fingerprint density at radius 3 is 2.87 bits per heavy atom. The van der Waals surface area contributed by atoms with E-state index in [1.807, 2.05) is 0 Å². The summed E-state index contributed by atoms with van der Waals surface area (Å²) in [5, 5.41) is 3.51. The molecule has 2 aliphatic rings. The van der Waals surface area contributed by atoms with E-state index in [0.717, 1.165) is 37.4 Å². The Morgan fingerprint density at radius 2 is 2.20 bits per heavy atom. The Kier molecular flexibility index (Phi) is 3.49. The van der Waals surface area contributed by atoms with Crippen LogP contribution in [0.25, 0.3) is 0 Å². The Hall–Kier alpha value is -0.730. The average Bonchev–Trinajstić information content (AvgIpc) is 2.83. The maximum Gasteiger partial charge on any atom is 0.193 e. The molecule has 1 aliphatic heterocycles. The molecule has 1 N–H and O–H groups in total. The smallest absolute Gasteiger partial charge is 0.193 e. The van der Waals surface area contributed by atoms with Gasteiger partial charge in [-0.25, -0.2) is 0 Å². The normalized spacial score (nSPS) is 30.8. The lowest BCUT2D eigenvalue weighted by molar-refractivity contribution is 0.370. The van der Waals surface area contributed by atoms with Gasteiger partial charge in [0.1, 0.15) is 0 Å². The number of aliphatic imine (C=N–C) groups is 1. The minimum Gasteiger partial charge on any atom is -0.356 e. The predicted molar refractivity (Wildman–Crippen MR) is 64.1 cm³/mol. The molecule has 0 amide bonds. The van der Waals surface area contributed by atoms with Crippen LogP contribution >= 0.6 is 0 Å². The van der Waals surface area contributed by atoms with Gasteiger partial charge in [-0.1, -0.05) is 26.2 Å². The van der Waals surface area contributed by atoms with Gasteiger partial charge in [-0.15, -0.1) is 0 Å². The van der Waals surface area contributed by atoms with E-state index in [4.69, 9.17) is 0 Å². The van der Waals surface area contributed by atoms with Crippen molar-refractivity contribution >= 4 is 5.96 Å². The van der Waals surface area contributed by atoms with E-state index in [1.54, 1.807) is 0 Å². The SMILES string of the molecule is CCC1CCCC1CNC1=NCCN1C. The molecule has 0 bridgehead atoms. The van der Waals surface area contributed by atoms with E-state index in [0.29, 0.717) is 0 Å². The molecule has 0 aromatic carbocycles. The number of nitrogens with one attached hydrogen (secondary N) is 1. The van der Waals surface area contributed by atoms with Crippen molar-refractivity contribution in [1.82, 2.24) is 10.2 Å². The molecular formula is C12H23N3. The van der Waals surface area contributed by atoms with Crippen LogP contribution in [0, 0.1) is 11.8 Å². The first-order chi connectivity index (χ1) is 7.31. The second-order valence-corrected chi connectivity index (χ2v) is 4.87. The first-order valence-corrected chi connectivity index (χ1v) is 6.30. The lowest BCUT2D eigenvalue weighted by Crippen LogP contribution is -2.38. The van der Waals surface area contributed by atoms with Gasteiger partial charge in [0.15, 0.2) is 5.96 Å². The molecule has 1 heterocycles. The first kappa shape index (κ1) is 10.8. The molecule has 0 radical (unpaired) electrons. The highest BCUT2D eigenvalue weighted by molar-refractivity contribution is 5.81. The molecule has 1 saturated carbocycles. The second kappa shape index (κ2) is 4.86. The zero-order chi connectivity index (χ0) is 10.7. The standard InChI is InChI=1S/C12H23N3/c1-3-10-5-4-6-11(10)9-14-12-13-7-8-15(12)2/h10-11H,3-9H2,1-2H3,(H,13,14). The summed E-state index contributed by atoms with van der Waals surface area (Å²) in [6.45, 7) is 5.48. The molecule has 2 unspecified atom stereocenters. The van der Waals surface area contributed by atoms with Gasteiger partial charge in [-0.3, -0.25) is 4.99 Å². The number of hydrogen-bond donors (Lipinski definition) is 1. The lowest BCUT2D eigenvalue weighted by atomic mass is 9.94. The zero-order valence-corrected chi connectivity index (χ0v) is 10.00. The van der Waals surface area contributed by atoms with Crippen molar-refractivity contribution in [2.75, 3.05) is 26.7 Å². The number of hydrogen-bond acceptors (Lipinski definition) is 3. The van der Waals surface area contributed by atoms with Crippen LogP contribution in [-0.4, -0.2) is 37.5 Å². The fourth-order valence-corrected chi connectivity index (χ4v) is 2.87. The molecule has 0 aromatic heterocycles. The van der Waals surface area contributed by atoms with Gasteiger partial charge in [0.2, 0.25) is 0 Å². The molecule has 1 aliphatic carbocycles. The fourth-order valence-electron chi connectivity index (χ4n) is 2.87. The van der Waals surface area contributed by atoms with Crippen molar-refractivity contribution in [1.29, 1.82) is 0 Å². The lowest BCUT2D eigenvalue weighted by Gasteiger charge is -2.21. The summed E-state index contributed by atoms with van der Waals surface area (Å²) >= 11 is 0. The van der Waals surface area contributed by atoms with E-state index in [-0.39, 0.29) is 0 Å². The predicted octanol–water partition coefficient (Wildman–Crippen LogP) is 1.70. The molecule has 0 aromatic rings. The van der Waals surface area contributed by atoms with Crippen LogP contribution < -0.4 is 5.32 Å². The summed E-state index contributed by atoms with van der Waals surface area (Å²) in [6, 6.07) is 0.